The van der Waals surface area contributed by atoms with Crippen molar-refractivity contribution >= 4 is 0 Å². The van der Waals surface area contributed by atoms with Crippen LogP contribution >= 0.6 is 0 Å². The van der Waals surface area contributed by atoms with E-state index in [1.165, 1.54) is 12.8 Å². The van der Waals surface area contributed by atoms with Crippen LogP contribution in [0.3, 0.4) is 0 Å². The van der Waals surface area contributed by atoms with Crippen molar-refractivity contribution in [1.82, 2.24) is 0 Å². The quantitative estimate of drug-likeness (QED) is 0.384. The first kappa shape index (κ1) is 14.4. The zero-order valence-corrected chi connectivity index (χ0v) is 8.58. The van der Waals surface area contributed by atoms with Gasteiger partial charge in [0.05, 0.1) is 0 Å². The number of hydrogen-bond acceptors (Lipinski definition) is 2. The van der Waals surface area contributed by atoms with E-state index in [1.807, 2.05) is 13.8 Å². The Kier molecular flexibility index (Phi) is 9.03. The monoisotopic (exact) mass is 177 g/mol. The van der Waals surface area contributed by atoms with E-state index in [2.05, 4.69) is 6.92 Å². The molecular formula is C9H23NO2. The van der Waals surface area contributed by atoms with Gasteiger partial charge in [0.1, 0.15) is 19.6 Å². The first-order valence-corrected chi connectivity index (χ1v) is 4.77. The summed E-state index contributed by atoms with van der Waals surface area (Å²) in [5.74, 6) is 0. The first-order chi connectivity index (χ1) is 5.18. The number of hydrogen-bond donors (Lipinski definition) is 1. The molecule has 76 valence electrons. The minimum Gasteiger partial charge on any atom is -0.870 e. The van der Waals surface area contributed by atoms with Gasteiger partial charge in [-0.2, -0.15) is 4.65 Å². The highest BCUT2D eigenvalue weighted by Gasteiger charge is 2.18. The maximum absolute atomic E-state index is 9.79. The molecule has 0 spiro atoms. The van der Waals surface area contributed by atoms with E-state index in [1.54, 1.807) is 0 Å². The van der Waals surface area contributed by atoms with Crippen molar-refractivity contribution in [3.8, 4) is 0 Å². The van der Waals surface area contributed by atoms with Gasteiger partial charge in [0, 0.05) is 0 Å². The molecule has 0 aromatic heterocycles. The van der Waals surface area contributed by atoms with E-state index in [4.69, 9.17) is 0 Å². The van der Waals surface area contributed by atoms with Gasteiger partial charge in [0.15, 0.2) is 0 Å². The van der Waals surface area contributed by atoms with Gasteiger partial charge in [-0.15, -0.1) is 0 Å². The summed E-state index contributed by atoms with van der Waals surface area (Å²) in [5.41, 5.74) is 0. The number of quaternary nitrogens is 1. The lowest BCUT2D eigenvalue weighted by atomic mass is 10.2. The van der Waals surface area contributed by atoms with Crippen LogP contribution in [0, 0.1) is 0 Å². The Morgan fingerprint density at radius 3 is 1.83 bits per heavy atom. The Morgan fingerprint density at radius 1 is 1.00 bits per heavy atom. The third kappa shape index (κ3) is 5.52. The van der Waals surface area contributed by atoms with Crippen LogP contribution in [0.1, 0.15) is 40.0 Å². The maximum atomic E-state index is 9.79. The van der Waals surface area contributed by atoms with Gasteiger partial charge in [-0.05, 0) is 26.7 Å². The molecule has 0 aliphatic carbocycles. The predicted molar refractivity (Wildman–Crippen MR) is 49.5 cm³/mol. The van der Waals surface area contributed by atoms with Gasteiger partial charge in [0.2, 0.25) is 0 Å². The summed E-state index contributed by atoms with van der Waals surface area (Å²) < 4.78 is 0.250. The summed E-state index contributed by atoms with van der Waals surface area (Å²) in [4.78, 5) is 0. The van der Waals surface area contributed by atoms with Crippen LogP contribution in [0.25, 0.3) is 0 Å². The summed E-state index contributed by atoms with van der Waals surface area (Å²) in [6.45, 7) is 8.84. The van der Waals surface area contributed by atoms with Gasteiger partial charge in [-0.1, -0.05) is 13.3 Å². The molecule has 0 aromatic carbocycles. The minimum absolute atomic E-state index is 0. The maximum Gasteiger partial charge on any atom is 0.109 e. The Morgan fingerprint density at radius 2 is 1.50 bits per heavy atom. The van der Waals surface area contributed by atoms with Gasteiger partial charge in [-0.3, -0.25) is 0 Å². The fraction of sp³-hybridized carbons (Fsp3) is 1.00. The third-order valence-electron chi connectivity index (χ3n) is 2.36. The highest BCUT2D eigenvalue weighted by molar-refractivity contribution is 4.36. The van der Waals surface area contributed by atoms with Crippen LogP contribution < -0.4 is 0 Å². The molecule has 0 saturated heterocycles. The molecule has 0 heterocycles. The highest BCUT2D eigenvalue weighted by atomic mass is 16.5. The average Bonchev–Trinajstić information content (AvgIpc) is 2.05. The largest absolute Gasteiger partial charge is 0.870 e. The van der Waals surface area contributed by atoms with E-state index in [0.717, 1.165) is 26.1 Å². The molecule has 0 bridgehead atoms. The van der Waals surface area contributed by atoms with Gasteiger partial charge in [0.25, 0.3) is 0 Å². The summed E-state index contributed by atoms with van der Waals surface area (Å²) in [6, 6.07) is 0. The van der Waals surface area contributed by atoms with Crippen molar-refractivity contribution in [3.63, 3.8) is 0 Å². The first-order valence-electron chi connectivity index (χ1n) is 4.77. The molecule has 0 aromatic rings. The lowest BCUT2D eigenvalue weighted by molar-refractivity contribution is -1.10. The van der Waals surface area contributed by atoms with Crippen LogP contribution in [0.5, 0.6) is 0 Å². The Balaban J connectivity index is 0. The second-order valence-corrected chi connectivity index (χ2v) is 3.16. The van der Waals surface area contributed by atoms with Crippen molar-refractivity contribution in [2.75, 3.05) is 19.6 Å². The molecule has 2 N–H and O–H groups in total. The molecule has 0 atom stereocenters. The van der Waals surface area contributed by atoms with E-state index in [9.17, 15) is 5.21 Å². The van der Waals surface area contributed by atoms with Gasteiger partial charge in [-0.25, -0.2) is 5.21 Å². The summed E-state index contributed by atoms with van der Waals surface area (Å²) >= 11 is 0. The van der Waals surface area contributed by atoms with Crippen LogP contribution in [-0.2, 0) is 0 Å². The van der Waals surface area contributed by atoms with Crippen molar-refractivity contribution in [2.45, 2.75) is 40.0 Å². The zero-order valence-electron chi connectivity index (χ0n) is 8.58. The molecule has 3 heteroatoms. The van der Waals surface area contributed by atoms with E-state index in [0.29, 0.717) is 0 Å². The molecule has 3 nitrogen and oxygen atoms in total. The van der Waals surface area contributed by atoms with Crippen LogP contribution in [0.2, 0.25) is 0 Å². The van der Waals surface area contributed by atoms with E-state index >= 15 is 0 Å². The minimum atomic E-state index is 0. The molecule has 0 rings (SSSR count). The molecular weight excluding hydrogens is 154 g/mol. The molecule has 0 amide bonds. The van der Waals surface area contributed by atoms with Gasteiger partial charge >= 0.3 is 0 Å². The zero-order chi connectivity index (χ0) is 8.74. The van der Waals surface area contributed by atoms with Gasteiger partial charge < -0.3 is 5.48 Å². The Labute approximate surface area is 75.9 Å². The number of rotatable bonds is 6. The second kappa shape index (κ2) is 7.53. The second-order valence-electron chi connectivity index (χ2n) is 3.16. The van der Waals surface area contributed by atoms with Crippen molar-refractivity contribution in [2.24, 2.45) is 0 Å². The van der Waals surface area contributed by atoms with Crippen LogP contribution in [-0.4, -0.2) is 35.0 Å². The molecule has 0 aliphatic rings. The fourth-order valence-electron chi connectivity index (χ4n) is 1.20. The normalized spacial score (nSPS) is 11.0. The topological polar surface area (TPSA) is 50.2 Å². The molecule has 0 fully saturated rings. The molecule has 0 aliphatic heterocycles. The van der Waals surface area contributed by atoms with E-state index in [-0.39, 0.29) is 10.1 Å². The summed E-state index contributed by atoms with van der Waals surface area (Å²) in [6.07, 6.45) is 3.61. The number of nitrogens with zero attached hydrogens (tertiary/aromatic N) is 1. The lowest BCUT2D eigenvalue weighted by Gasteiger charge is -2.27. The molecule has 0 saturated carbocycles. The SMILES string of the molecule is CCCCC[N+](O)(CC)CC.[OH-]. The number of unbranched alkanes of at least 4 members (excludes halogenated alkanes) is 2. The Bertz CT molecular complexity index is 92.5. The summed E-state index contributed by atoms with van der Waals surface area (Å²) in [7, 11) is 0. The molecule has 12 heavy (non-hydrogen) atoms. The van der Waals surface area contributed by atoms with Crippen molar-refractivity contribution < 1.29 is 15.3 Å². The summed E-state index contributed by atoms with van der Waals surface area (Å²) in [5, 5.41) is 9.79. The van der Waals surface area contributed by atoms with E-state index < -0.39 is 0 Å². The smallest absolute Gasteiger partial charge is 0.109 e. The predicted octanol–water partition coefficient (Wildman–Crippen LogP) is 2.25. The molecule has 0 unspecified atom stereocenters. The third-order valence-corrected chi connectivity index (χ3v) is 2.36. The molecule has 0 radical (unpaired) electrons. The standard InChI is InChI=1S/C9H22NO.H2O/c1-4-7-8-9-10(11,5-2)6-3;/h11H,4-9H2,1-3H3;1H2/q+1;/p-1. The Hall–Kier alpha value is -0.120. The lowest BCUT2D eigenvalue weighted by Crippen LogP contribution is -2.44. The average molecular weight is 177 g/mol. The van der Waals surface area contributed by atoms with Crippen molar-refractivity contribution in [1.29, 1.82) is 0 Å². The fourth-order valence-corrected chi connectivity index (χ4v) is 1.20. The van der Waals surface area contributed by atoms with Crippen LogP contribution in [0.15, 0.2) is 0 Å². The van der Waals surface area contributed by atoms with Crippen molar-refractivity contribution in [3.05, 3.63) is 0 Å². The highest BCUT2D eigenvalue weighted by Crippen LogP contribution is 2.05. The number of hydroxylamine groups is 3. The van der Waals surface area contributed by atoms with Crippen LogP contribution in [0.4, 0.5) is 0 Å².